The lowest BCUT2D eigenvalue weighted by atomic mass is 10.0. The average Bonchev–Trinajstić information content (AvgIpc) is 2.68. The normalized spacial score (nSPS) is 10.7. The minimum absolute atomic E-state index is 0.277. The minimum Gasteiger partial charge on any atom is -0.319 e. The molecular weight excluding hydrogens is 346 g/mol. The first-order chi connectivity index (χ1) is 12.7. The van der Waals surface area contributed by atoms with E-state index in [0.29, 0.717) is 16.4 Å². The zero-order chi connectivity index (χ0) is 17.9. The molecule has 0 fully saturated rings. The SMILES string of the molecule is O=C(Nc1cccnc1)c1ccc2cccc(-c3cccc(Cl)c3)c2n1. The fraction of sp³-hybridized carbons (Fsp3) is 0. The van der Waals surface area contributed by atoms with Crippen LogP contribution in [0.5, 0.6) is 0 Å². The van der Waals surface area contributed by atoms with Gasteiger partial charge in [-0.3, -0.25) is 9.78 Å². The minimum atomic E-state index is -0.277. The van der Waals surface area contributed by atoms with E-state index in [0.717, 1.165) is 22.0 Å². The summed E-state index contributed by atoms with van der Waals surface area (Å²) in [7, 11) is 0. The first-order valence-corrected chi connectivity index (χ1v) is 8.45. The predicted molar refractivity (Wildman–Crippen MR) is 104 cm³/mol. The first kappa shape index (κ1) is 16.2. The van der Waals surface area contributed by atoms with E-state index >= 15 is 0 Å². The Labute approximate surface area is 155 Å². The standard InChI is InChI=1S/C21H14ClN3O/c22-16-6-1-5-15(12-16)18-8-2-4-14-9-10-19(25-20(14)18)21(26)24-17-7-3-11-23-13-17/h1-13H,(H,24,26). The molecule has 0 radical (unpaired) electrons. The number of hydrogen-bond acceptors (Lipinski definition) is 3. The van der Waals surface area contributed by atoms with E-state index in [1.54, 1.807) is 30.6 Å². The summed E-state index contributed by atoms with van der Waals surface area (Å²) in [6.45, 7) is 0. The van der Waals surface area contributed by atoms with Crippen molar-refractivity contribution in [3.63, 3.8) is 0 Å². The maximum absolute atomic E-state index is 12.5. The summed E-state index contributed by atoms with van der Waals surface area (Å²) in [5.41, 5.74) is 3.62. The molecule has 2 aromatic heterocycles. The topological polar surface area (TPSA) is 54.9 Å². The first-order valence-electron chi connectivity index (χ1n) is 8.08. The van der Waals surface area contributed by atoms with Gasteiger partial charge in [0.15, 0.2) is 0 Å². The molecule has 0 saturated carbocycles. The second-order valence-electron chi connectivity index (χ2n) is 5.78. The van der Waals surface area contributed by atoms with Gasteiger partial charge in [-0.15, -0.1) is 0 Å². The summed E-state index contributed by atoms with van der Waals surface area (Å²) in [6, 6.07) is 20.7. The van der Waals surface area contributed by atoms with Gasteiger partial charge in [0.2, 0.25) is 0 Å². The van der Waals surface area contributed by atoms with Gasteiger partial charge in [0.1, 0.15) is 5.69 Å². The van der Waals surface area contributed by atoms with Crippen LogP contribution in [-0.2, 0) is 0 Å². The molecule has 126 valence electrons. The number of nitrogens with one attached hydrogen (secondary N) is 1. The van der Waals surface area contributed by atoms with Crippen LogP contribution >= 0.6 is 11.6 Å². The lowest BCUT2D eigenvalue weighted by Gasteiger charge is -2.09. The molecule has 0 aliphatic carbocycles. The van der Waals surface area contributed by atoms with Crippen molar-refractivity contribution < 1.29 is 4.79 Å². The van der Waals surface area contributed by atoms with Gasteiger partial charge in [-0.2, -0.15) is 0 Å². The molecule has 0 spiro atoms. The summed E-state index contributed by atoms with van der Waals surface area (Å²) < 4.78 is 0. The average molecular weight is 360 g/mol. The molecular formula is C21H14ClN3O. The predicted octanol–water partition coefficient (Wildman–Crippen LogP) is 5.20. The Morgan fingerprint density at radius 3 is 2.65 bits per heavy atom. The quantitative estimate of drug-likeness (QED) is 0.546. The van der Waals surface area contributed by atoms with Crippen molar-refractivity contribution in [3.8, 4) is 11.1 Å². The number of fused-ring (bicyclic) bond motifs is 1. The summed E-state index contributed by atoms with van der Waals surface area (Å²) >= 11 is 6.13. The van der Waals surface area contributed by atoms with Gasteiger partial charge in [0.25, 0.3) is 5.91 Å². The van der Waals surface area contributed by atoms with E-state index in [-0.39, 0.29) is 5.91 Å². The highest BCUT2D eigenvalue weighted by Crippen LogP contribution is 2.29. The van der Waals surface area contributed by atoms with Crippen molar-refractivity contribution >= 4 is 34.1 Å². The summed E-state index contributed by atoms with van der Waals surface area (Å²) in [4.78, 5) is 21.1. The van der Waals surface area contributed by atoms with Crippen molar-refractivity contribution in [1.29, 1.82) is 0 Å². The molecule has 5 heteroatoms. The Bertz CT molecular complexity index is 1100. The molecule has 0 aliphatic heterocycles. The number of hydrogen-bond donors (Lipinski definition) is 1. The molecule has 0 saturated heterocycles. The maximum Gasteiger partial charge on any atom is 0.274 e. The lowest BCUT2D eigenvalue weighted by Crippen LogP contribution is -2.13. The number of carbonyl (C=O) groups is 1. The second-order valence-corrected chi connectivity index (χ2v) is 6.22. The van der Waals surface area contributed by atoms with Crippen LogP contribution in [-0.4, -0.2) is 15.9 Å². The molecule has 4 nitrogen and oxygen atoms in total. The van der Waals surface area contributed by atoms with Crippen molar-refractivity contribution in [2.24, 2.45) is 0 Å². The Morgan fingerprint density at radius 1 is 0.962 bits per heavy atom. The van der Waals surface area contributed by atoms with Crippen LogP contribution in [0.15, 0.2) is 79.1 Å². The number of halogens is 1. The third kappa shape index (κ3) is 3.27. The van der Waals surface area contributed by atoms with E-state index in [2.05, 4.69) is 15.3 Å². The number of carbonyl (C=O) groups excluding carboxylic acids is 1. The molecule has 0 aliphatic rings. The molecule has 4 aromatic rings. The van der Waals surface area contributed by atoms with Gasteiger partial charge in [-0.05, 0) is 35.9 Å². The van der Waals surface area contributed by atoms with Gasteiger partial charge in [-0.1, -0.05) is 48.0 Å². The summed E-state index contributed by atoms with van der Waals surface area (Å²) in [6.07, 6.45) is 3.25. The number of pyridine rings is 2. The van der Waals surface area contributed by atoms with Gasteiger partial charge in [-0.25, -0.2) is 4.98 Å². The van der Waals surface area contributed by atoms with Crippen LogP contribution in [0.2, 0.25) is 5.02 Å². The smallest absolute Gasteiger partial charge is 0.274 e. The van der Waals surface area contributed by atoms with Crippen LogP contribution in [0.3, 0.4) is 0 Å². The number of nitrogens with zero attached hydrogens (tertiary/aromatic N) is 2. The third-order valence-corrected chi connectivity index (χ3v) is 4.24. The van der Waals surface area contributed by atoms with Crippen molar-refractivity contribution in [1.82, 2.24) is 9.97 Å². The van der Waals surface area contributed by atoms with E-state index in [1.807, 2.05) is 48.5 Å². The van der Waals surface area contributed by atoms with Gasteiger partial charge in [0, 0.05) is 22.2 Å². The maximum atomic E-state index is 12.5. The van der Waals surface area contributed by atoms with Gasteiger partial charge >= 0.3 is 0 Å². The monoisotopic (exact) mass is 359 g/mol. The number of benzene rings is 2. The highest BCUT2D eigenvalue weighted by molar-refractivity contribution is 6.30. The number of para-hydroxylation sites is 1. The molecule has 1 amide bonds. The molecule has 4 rings (SSSR count). The van der Waals surface area contributed by atoms with E-state index in [9.17, 15) is 4.79 Å². The Balaban J connectivity index is 1.76. The molecule has 2 aromatic carbocycles. The Hall–Kier alpha value is -3.24. The summed E-state index contributed by atoms with van der Waals surface area (Å²) in [5.74, 6) is -0.277. The lowest BCUT2D eigenvalue weighted by molar-refractivity contribution is 0.102. The van der Waals surface area contributed by atoms with Crippen LogP contribution in [0, 0.1) is 0 Å². The molecule has 0 unspecified atom stereocenters. The Morgan fingerprint density at radius 2 is 1.85 bits per heavy atom. The zero-order valence-corrected chi connectivity index (χ0v) is 14.4. The highest BCUT2D eigenvalue weighted by atomic mass is 35.5. The second kappa shape index (κ2) is 6.94. The van der Waals surface area contributed by atoms with Crippen LogP contribution < -0.4 is 5.32 Å². The fourth-order valence-electron chi connectivity index (χ4n) is 2.79. The van der Waals surface area contributed by atoms with Crippen molar-refractivity contribution in [2.45, 2.75) is 0 Å². The van der Waals surface area contributed by atoms with Gasteiger partial charge in [0.05, 0.1) is 17.4 Å². The van der Waals surface area contributed by atoms with Crippen LogP contribution in [0.25, 0.3) is 22.0 Å². The van der Waals surface area contributed by atoms with E-state index in [4.69, 9.17) is 11.6 Å². The number of aromatic nitrogens is 2. The van der Waals surface area contributed by atoms with Crippen LogP contribution in [0.1, 0.15) is 10.5 Å². The third-order valence-electron chi connectivity index (χ3n) is 4.01. The molecule has 1 N–H and O–H groups in total. The van der Waals surface area contributed by atoms with Crippen molar-refractivity contribution in [3.05, 3.63) is 89.8 Å². The van der Waals surface area contributed by atoms with E-state index < -0.39 is 0 Å². The highest BCUT2D eigenvalue weighted by Gasteiger charge is 2.11. The molecule has 0 atom stereocenters. The largest absolute Gasteiger partial charge is 0.319 e. The number of rotatable bonds is 3. The van der Waals surface area contributed by atoms with Gasteiger partial charge < -0.3 is 5.32 Å². The number of anilines is 1. The number of amides is 1. The zero-order valence-electron chi connectivity index (χ0n) is 13.7. The molecule has 2 heterocycles. The molecule has 0 bridgehead atoms. The van der Waals surface area contributed by atoms with E-state index in [1.165, 1.54) is 0 Å². The fourth-order valence-corrected chi connectivity index (χ4v) is 2.98. The molecule has 26 heavy (non-hydrogen) atoms. The summed E-state index contributed by atoms with van der Waals surface area (Å²) in [5, 5.41) is 4.42. The van der Waals surface area contributed by atoms with Crippen molar-refractivity contribution in [2.75, 3.05) is 5.32 Å². The van der Waals surface area contributed by atoms with Crippen LogP contribution in [0.4, 0.5) is 5.69 Å². The Kier molecular flexibility index (Phi) is 4.33.